The van der Waals surface area contributed by atoms with Crippen LogP contribution in [0.5, 0.6) is 0 Å². The Morgan fingerprint density at radius 1 is 1.16 bits per heavy atom. The standard InChI is InChI=1S/C15H18O3S/c1-3-4-8-13-11-15(12(2)18-13)19(16,17)14-9-6-5-7-10-14/h5-7,9-11H,3-4,8H2,1-2H3. The number of unbranched alkanes of at least 4 members (excludes halogenated alkanes) is 1. The van der Waals surface area contributed by atoms with Gasteiger partial charge in [0.2, 0.25) is 9.84 Å². The predicted octanol–water partition coefficient (Wildman–Crippen LogP) is 3.76. The monoisotopic (exact) mass is 278 g/mol. The quantitative estimate of drug-likeness (QED) is 0.836. The SMILES string of the molecule is CCCCc1cc(S(=O)(=O)c2ccccc2)c(C)o1. The van der Waals surface area contributed by atoms with Crippen LogP contribution in [-0.2, 0) is 16.3 Å². The van der Waals surface area contributed by atoms with Gasteiger partial charge in [0.1, 0.15) is 16.4 Å². The van der Waals surface area contributed by atoms with Crippen LogP contribution in [0, 0.1) is 6.92 Å². The fourth-order valence-electron chi connectivity index (χ4n) is 1.99. The number of rotatable bonds is 5. The molecule has 19 heavy (non-hydrogen) atoms. The van der Waals surface area contributed by atoms with E-state index in [1.807, 2.05) is 0 Å². The zero-order chi connectivity index (χ0) is 13.9. The van der Waals surface area contributed by atoms with Crippen LogP contribution in [0.2, 0.25) is 0 Å². The van der Waals surface area contributed by atoms with E-state index in [1.54, 1.807) is 43.3 Å². The largest absolute Gasteiger partial charge is 0.465 e. The smallest absolute Gasteiger partial charge is 0.210 e. The summed E-state index contributed by atoms with van der Waals surface area (Å²) in [6.07, 6.45) is 2.83. The fourth-order valence-corrected chi connectivity index (χ4v) is 3.47. The average molecular weight is 278 g/mol. The van der Waals surface area contributed by atoms with Crippen molar-refractivity contribution in [2.45, 2.75) is 42.9 Å². The molecule has 0 aliphatic carbocycles. The lowest BCUT2D eigenvalue weighted by atomic mass is 10.2. The van der Waals surface area contributed by atoms with Crippen LogP contribution >= 0.6 is 0 Å². The van der Waals surface area contributed by atoms with E-state index < -0.39 is 9.84 Å². The molecule has 0 atom stereocenters. The molecule has 0 saturated carbocycles. The number of benzene rings is 1. The van der Waals surface area contributed by atoms with Crippen molar-refractivity contribution >= 4 is 9.84 Å². The van der Waals surface area contributed by atoms with Crippen molar-refractivity contribution in [1.29, 1.82) is 0 Å². The van der Waals surface area contributed by atoms with E-state index in [2.05, 4.69) is 6.92 Å². The molecule has 0 saturated heterocycles. The van der Waals surface area contributed by atoms with E-state index in [4.69, 9.17) is 4.42 Å². The van der Waals surface area contributed by atoms with Gasteiger partial charge in [-0.15, -0.1) is 0 Å². The first-order valence-corrected chi connectivity index (χ1v) is 7.93. The topological polar surface area (TPSA) is 47.3 Å². The second-order valence-corrected chi connectivity index (χ2v) is 6.47. The van der Waals surface area contributed by atoms with Gasteiger partial charge in [-0.1, -0.05) is 31.5 Å². The fraction of sp³-hybridized carbons (Fsp3) is 0.333. The van der Waals surface area contributed by atoms with E-state index in [0.717, 1.165) is 25.0 Å². The van der Waals surface area contributed by atoms with Gasteiger partial charge < -0.3 is 4.42 Å². The summed E-state index contributed by atoms with van der Waals surface area (Å²) in [6, 6.07) is 10.1. The van der Waals surface area contributed by atoms with Gasteiger partial charge in [-0.05, 0) is 31.5 Å². The highest BCUT2D eigenvalue weighted by molar-refractivity contribution is 7.91. The summed E-state index contributed by atoms with van der Waals surface area (Å²) >= 11 is 0. The highest BCUT2D eigenvalue weighted by Gasteiger charge is 2.23. The molecular weight excluding hydrogens is 260 g/mol. The van der Waals surface area contributed by atoms with Crippen molar-refractivity contribution in [3.8, 4) is 0 Å². The molecule has 2 aromatic rings. The molecule has 102 valence electrons. The summed E-state index contributed by atoms with van der Waals surface area (Å²) < 4.78 is 30.5. The molecule has 0 aliphatic heterocycles. The van der Waals surface area contributed by atoms with Crippen molar-refractivity contribution in [3.63, 3.8) is 0 Å². The first-order valence-electron chi connectivity index (χ1n) is 6.45. The summed E-state index contributed by atoms with van der Waals surface area (Å²) in [5.74, 6) is 1.21. The van der Waals surface area contributed by atoms with Crippen LogP contribution in [0.4, 0.5) is 0 Å². The first-order chi connectivity index (χ1) is 9.05. The third-order valence-corrected chi connectivity index (χ3v) is 4.92. The second kappa shape index (κ2) is 5.61. The molecule has 1 heterocycles. The number of sulfone groups is 1. The zero-order valence-corrected chi connectivity index (χ0v) is 12.0. The van der Waals surface area contributed by atoms with Gasteiger partial charge in [0.25, 0.3) is 0 Å². The average Bonchev–Trinajstić information content (AvgIpc) is 2.79. The summed E-state index contributed by atoms with van der Waals surface area (Å²) in [7, 11) is -3.47. The van der Waals surface area contributed by atoms with Crippen LogP contribution in [0.25, 0.3) is 0 Å². The van der Waals surface area contributed by atoms with Gasteiger partial charge in [0, 0.05) is 6.42 Å². The summed E-state index contributed by atoms with van der Waals surface area (Å²) in [5, 5.41) is 0. The lowest BCUT2D eigenvalue weighted by Crippen LogP contribution is -2.01. The Labute approximate surface area is 114 Å². The molecule has 3 nitrogen and oxygen atoms in total. The van der Waals surface area contributed by atoms with E-state index >= 15 is 0 Å². The van der Waals surface area contributed by atoms with Crippen LogP contribution in [-0.4, -0.2) is 8.42 Å². The zero-order valence-electron chi connectivity index (χ0n) is 11.2. The molecule has 0 radical (unpaired) electrons. The van der Waals surface area contributed by atoms with Gasteiger partial charge in [0.15, 0.2) is 0 Å². The van der Waals surface area contributed by atoms with E-state index in [0.29, 0.717) is 10.7 Å². The van der Waals surface area contributed by atoms with E-state index in [-0.39, 0.29) is 4.90 Å². The maximum absolute atomic E-state index is 12.5. The minimum atomic E-state index is -3.47. The van der Waals surface area contributed by atoms with E-state index in [9.17, 15) is 8.42 Å². The minimum Gasteiger partial charge on any atom is -0.465 e. The Bertz CT molecular complexity index is 639. The third kappa shape index (κ3) is 2.89. The summed E-state index contributed by atoms with van der Waals surface area (Å²) in [4.78, 5) is 0.589. The summed E-state index contributed by atoms with van der Waals surface area (Å²) in [6.45, 7) is 3.79. The molecule has 0 unspecified atom stereocenters. The number of hydrogen-bond acceptors (Lipinski definition) is 3. The van der Waals surface area contributed by atoms with Crippen LogP contribution < -0.4 is 0 Å². The van der Waals surface area contributed by atoms with Crippen molar-refractivity contribution in [1.82, 2.24) is 0 Å². The maximum Gasteiger partial charge on any atom is 0.210 e. The normalized spacial score (nSPS) is 11.7. The van der Waals surface area contributed by atoms with Crippen molar-refractivity contribution in [3.05, 3.63) is 47.9 Å². The number of aryl methyl sites for hydroxylation is 2. The highest BCUT2D eigenvalue weighted by atomic mass is 32.2. The van der Waals surface area contributed by atoms with Crippen LogP contribution in [0.1, 0.15) is 31.3 Å². The van der Waals surface area contributed by atoms with Gasteiger partial charge in [-0.3, -0.25) is 0 Å². The van der Waals surface area contributed by atoms with Crippen LogP contribution in [0.3, 0.4) is 0 Å². The second-order valence-electron chi connectivity index (χ2n) is 4.55. The van der Waals surface area contributed by atoms with Gasteiger partial charge in [-0.2, -0.15) is 0 Å². The predicted molar refractivity (Wildman–Crippen MR) is 74.0 cm³/mol. The number of furan rings is 1. The molecule has 0 N–H and O–H groups in total. The third-order valence-electron chi connectivity index (χ3n) is 3.04. The molecule has 0 fully saturated rings. The van der Waals surface area contributed by atoms with Crippen molar-refractivity contribution in [2.75, 3.05) is 0 Å². The molecule has 4 heteroatoms. The maximum atomic E-state index is 12.5. The van der Waals surface area contributed by atoms with Gasteiger partial charge in [-0.25, -0.2) is 8.42 Å². The summed E-state index contributed by atoms with van der Waals surface area (Å²) in [5.41, 5.74) is 0. The molecule has 2 rings (SSSR count). The Balaban J connectivity index is 2.39. The molecular formula is C15H18O3S. The lowest BCUT2D eigenvalue weighted by molar-refractivity contribution is 0.470. The highest BCUT2D eigenvalue weighted by Crippen LogP contribution is 2.27. The molecule has 0 spiro atoms. The van der Waals surface area contributed by atoms with E-state index in [1.165, 1.54) is 0 Å². The Morgan fingerprint density at radius 2 is 1.84 bits per heavy atom. The molecule has 1 aromatic carbocycles. The molecule has 0 aliphatic rings. The Kier molecular flexibility index (Phi) is 4.10. The van der Waals surface area contributed by atoms with Crippen molar-refractivity contribution in [2.24, 2.45) is 0 Å². The molecule has 1 aromatic heterocycles. The lowest BCUT2D eigenvalue weighted by Gasteiger charge is -2.01. The van der Waals surface area contributed by atoms with Gasteiger partial charge in [0.05, 0.1) is 4.90 Å². The molecule has 0 bridgehead atoms. The Hall–Kier alpha value is -1.55. The van der Waals surface area contributed by atoms with Crippen molar-refractivity contribution < 1.29 is 12.8 Å². The van der Waals surface area contributed by atoms with Gasteiger partial charge >= 0.3 is 0 Å². The molecule has 0 amide bonds. The minimum absolute atomic E-state index is 0.282. The number of hydrogen-bond donors (Lipinski definition) is 0. The first kappa shape index (κ1) is 13.9. The van der Waals surface area contributed by atoms with Crippen LogP contribution in [0.15, 0.2) is 50.6 Å². The Morgan fingerprint density at radius 3 is 2.47 bits per heavy atom.